The summed E-state index contributed by atoms with van der Waals surface area (Å²) in [4.78, 5) is 28.5. The van der Waals surface area contributed by atoms with Crippen molar-refractivity contribution in [2.75, 3.05) is 45.9 Å². The van der Waals surface area contributed by atoms with Crippen LogP contribution in [-0.2, 0) is 19.1 Å². The molecule has 1 unspecified atom stereocenters. The fraction of sp³-hybridized carbons (Fsp3) is 0.889. The van der Waals surface area contributed by atoms with Gasteiger partial charge in [-0.05, 0) is 65.1 Å². The van der Waals surface area contributed by atoms with Gasteiger partial charge in [0.25, 0.3) is 5.91 Å². The molecule has 6 nitrogen and oxygen atoms in total. The summed E-state index contributed by atoms with van der Waals surface area (Å²) in [5, 5.41) is 0. The maximum Gasteiger partial charge on any atom is 0.307 e. The van der Waals surface area contributed by atoms with E-state index in [9.17, 15) is 9.59 Å². The number of hydrogen-bond donors (Lipinski definition) is 0. The average molecular weight is 340 g/mol. The van der Waals surface area contributed by atoms with E-state index >= 15 is 0 Å². The van der Waals surface area contributed by atoms with Crippen molar-refractivity contribution < 1.29 is 19.1 Å². The zero-order valence-electron chi connectivity index (χ0n) is 15.0. The number of amides is 1. The van der Waals surface area contributed by atoms with Crippen LogP contribution in [0.3, 0.4) is 0 Å². The van der Waals surface area contributed by atoms with Gasteiger partial charge in [0, 0.05) is 19.7 Å². The van der Waals surface area contributed by atoms with Crippen LogP contribution in [0.15, 0.2) is 0 Å². The normalized spacial score (nSPS) is 21.1. The van der Waals surface area contributed by atoms with Crippen LogP contribution in [-0.4, -0.2) is 73.7 Å². The highest BCUT2D eigenvalue weighted by Crippen LogP contribution is 2.16. The molecule has 0 N–H and O–H groups in total. The number of esters is 1. The Hall–Kier alpha value is -1.14. The van der Waals surface area contributed by atoms with Crippen molar-refractivity contribution in [2.24, 2.45) is 0 Å². The van der Waals surface area contributed by atoms with Gasteiger partial charge in [0.05, 0.1) is 13.0 Å². The number of hydrogen-bond acceptors (Lipinski definition) is 5. The Morgan fingerprint density at radius 3 is 2.62 bits per heavy atom. The molecule has 0 radical (unpaired) electrons. The first-order valence-electron chi connectivity index (χ1n) is 9.49. The minimum absolute atomic E-state index is 0.0398. The molecule has 2 saturated heterocycles. The molecular formula is C18H32N2O4. The number of nitrogens with zero attached hydrogens (tertiary/aromatic N) is 2. The molecule has 138 valence electrons. The standard InChI is InChI=1S/C18H32N2O4/c1-2-23-17(21)9-14-20(18(22)16-8-7-15-24-16)13-6-5-12-19-10-3-4-11-19/h16H,2-15H2,1H3. The molecule has 2 aliphatic rings. The van der Waals surface area contributed by atoms with Crippen LogP contribution >= 0.6 is 0 Å². The van der Waals surface area contributed by atoms with Crippen LogP contribution in [0.5, 0.6) is 0 Å². The second-order valence-corrected chi connectivity index (χ2v) is 6.64. The second kappa shape index (κ2) is 10.7. The zero-order valence-corrected chi connectivity index (χ0v) is 15.0. The minimum Gasteiger partial charge on any atom is -0.466 e. The SMILES string of the molecule is CCOC(=O)CCN(CCCCN1CCCC1)C(=O)C1CCCO1. The average Bonchev–Trinajstić information content (AvgIpc) is 3.27. The van der Waals surface area contributed by atoms with Crippen molar-refractivity contribution in [3.8, 4) is 0 Å². The van der Waals surface area contributed by atoms with Crippen molar-refractivity contribution in [3.05, 3.63) is 0 Å². The summed E-state index contributed by atoms with van der Waals surface area (Å²) < 4.78 is 10.5. The topological polar surface area (TPSA) is 59.1 Å². The highest BCUT2D eigenvalue weighted by atomic mass is 16.5. The Balaban J connectivity index is 1.74. The second-order valence-electron chi connectivity index (χ2n) is 6.64. The molecule has 0 aromatic rings. The van der Waals surface area contributed by atoms with Crippen LogP contribution in [0.25, 0.3) is 0 Å². The number of carbonyl (C=O) groups excluding carboxylic acids is 2. The third-order valence-corrected chi connectivity index (χ3v) is 4.76. The van der Waals surface area contributed by atoms with Crippen LogP contribution in [0.1, 0.15) is 51.9 Å². The lowest BCUT2D eigenvalue weighted by Gasteiger charge is -2.25. The Bertz CT molecular complexity index is 390. The molecule has 2 aliphatic heterocycles. The molecule has 0 aromatic carbocycles. The smallest absolute Gasteiger partial charge is 0.307 e. The maximum atomic E-state index is 12.6. The number of unbranched alkanes of at least 4 members (excludes halogenated alkanes) is 1. The van der Waals surface area contributed by atoms with E-state index in [-0.39, 0.29) is 24.4 Å². The molecule has 0 aliphatic carbocycles. The summed E-state index contributed by atoms with van der Waals surface area (Å²) in [6.07, 6.45) is 6.36. The molecule has 0 saturated carbocycles. The van der Waals surface area contributed by atoms with Crippen LogP contribution in [0.2, 0.25) is 0 Å². The lowest BCUT2D eigenvalue weighted by molar-refractivity contribution is -0.146. The van der Waals surface area contributed by atoms with Gasteiger partial charge in [-0.25, -0.2) is 0 Å². The predicted octanol–water partition coefficient (Wildman–Crippen LogP) is 1.82. The summed E-state index contributed by atoms with van der Waals surface area (Å²) in [5.74, 6) is -0.197. The van der Waals surface area contributed by atoms with E-state index in [4.69, 9.17) is 9.47 Å². The molecular weight excluding hydrogens is 308 g/mol. The first kappa shape index (κ1) is 19.2. The van der Waals surface area contributed by atoms with Gasteiger partial charge in [0.15, 0.2) is 0 Å². The van der Waals surface area contributed by atoms with Gasteiger partial charge in [-0.15, -0.1) is 0 Å². The first-order valence-corrected chi connectivity index (χ1v) is 9.49. The van der Waals surface area contributed by atoms with Crippen molar-refractivity contribution >= 4 is 11.9 Å². The summed E-state index contributed by atoms with van der Waals surface area (Å²) in [6.45, 7) is 7.51. The van der Waals surface area contributed by atoms with E-state index in [0.717, 1.165) is 32.2 Å². The van der Waals surface area contributed by atoms with E-state index in [1.165, 1.54) is 25.9 Å². The number of rotatable bonds is 10. The molecule has 2 rings (SSSR count). The van der Waals surface area contributed by atoms with Gasteiger partial charge in [-0.1, -0.05) is 0 Å². The fourth-order valence-corrected chi connectivity index (χ4v) is 3.41. The van der Waals surface area contributed by atoms with E-state index < -0.39 is 0 Å². The van der Waals surface area contributed by atoms with Crippen LogP contribution in [0.4, 0.5) is 0 Å². The van der Waals surface area contributed by atoms with Crippen molar-refractivity contribution in [1.82, 2.24) is 9.80 Å². The third kappa shape index (κ3) is 6.40. The van der Waals surface area contributed by atoms with Gasteiger partial charge >= 0.3 is 5.97 Å². The van der Waals surface area contributed by atoms with Crippen molar-refractivity contribution in [3.63, 3.8) is 0 Å². The zero-order chi connectivity index (χ0) is 17.2. The molecule has 1 atom stereocenters. The molecule has 0 bridgehead atoms. The third-order valence-electron chi connectivity index (χ3n) is 4.76. The summed E-state index contributed by atoms with van der Waals surface area (Å²) in [5.41, 5.74) is 0. The summed E-state index contributed by atoms with van der Waals surface area (Å²) in [7, 11) is 0. The molecule has 6 heteroatoms. The number of ether oxygens (including phenoxy) is 2. The van der Waals surface area contributed by atoms with Gasteiger partial charge < -0.3 is 19.3 Å². The van der Waals surface area contributed by atoms with E-state index in [0.29, 0.717) is 26.3 Å². The quantitative estimate of drug-likeness (QED) is 0.448. The van der Waals surface area contributed by atoms with Crippen LogP contribution in [0, 0.1) is 0 Å². The molecule has 2 heterocycles. The Morgan fingerprint density at radius 2 is 1.96 bits per heavy atom. The number of likely N-dealkylation sites (tertiary alicyclic amines) is 1. The summed E-state index contributed by atoms with van der Waals surface area (Å²) >= 11 is 0. The predicted molar refractivity (Wildman–Crippen MR) is 91.7 cm³/mol. The van der Waals surface area contributed by atoms with E-state index in [2.05, 4.69) is 4.90 Å². The van der Waals surface area contributed by atoms with Gasteiger partial charge in [-0.3, -0.25) is 9.59 Å². The molecule has 24 heavy (non-hydrogen) atoms. The number of carbonyl (C=O) groups is 2. The maximum absolute atomic E-state index is 12.6. The van der Waals surface area contributed by atoms with Crippen LogP contribution < -0.4 is 0 Å². The van der Waals surface area contributed by atoms with Gasteiger partial charge in [0.1, 0.15) is 6.10 Å². The lowest BCUT2D eigenvalue weighted by Crippen LogP contribution is -2.41. The van der Waals surface area contributed by atoms with E-state index in [1.54, 1.807) is 11.8 Å². The Labute approximate surface area is 145 Å². The Morgan fingerprint density at radius 1 is 1.17 bits per heavy atom. The van der Waals surface area contributed by atoms with E-state index in [1.807, 2.05) is 0 Å². The molecule has 0 aromatic heterocycles. The van der Waals surface area contributed by atoms with Crippen molar-refractivity contribution in [2.45, 2.75) is 58.0 Å². The van der Waals surface area contributed by atoms with Crippen molar-refractivity contribution in [1.29, 1.82) is 0 Å². The van der Waals surface area contributed by atoms with Gasteiger partial charge in [0.2, 0.25) is 0 Å². The monoisotopic (exact) mass is 340 g/mol. The highest BCUT2D eigenvalue weighted by molar-refractivity contribution is 5.81. The fourth-order valence-electron chi connectivity index (χ4n) is 3.41. The molecule has 0 spiro atoms. The summed E-state index contributed by atoms with van der Waals surface area (Å²) in [6, 6.07) is 0. The largest absolute Gasteiger partial charge is 0.466 e. The molecule has 2 fully saturated rings. The van der Waals surface area contributed by atoms with Gasteiger partial charge in [-0.2, -0.15) is 0 Å². The minimum atomic E-state index is -0.314. The highest BCUT2D eigenvalue weighted by Gasteiger charge is 2.28. The lowest BCUT2D eigenvalue weighted by atomic mass is 10.2. The molecule has 1 amide bonds. The first-order chi connectivity index (χ1) is 11.7. The Kier molecular flexibility index (Phi) is 8.53.